The Hall–Kier alpha value is -0.820. The zero-order valence-electron chi connectivity index (χ0n) is 6.62. The summed E-state index contributed by atoms with van der Waals surface area (Å²) in [7, 11) is 0. The van der Waals surface area contributed by atoms with Crippen molar-refractivity contribution in [3.05, 3.63) is 35.9 Å². The molecule has 0 spiro atoms. The highest BCUT2D eigenvalue weighted by atomic mass is 16.3. The van der Waals surface area contributed by atoms with Gasteiger partial charge in [-0.3, -0.25) is 0 Å². The largest absolute Gasteiger partial charge is 0.392 e. The topological polar surface area (TPSA) is 20.2 Å². The summed E-state index contributed by atoms with van der Waals surface area (Å²) < 4.78 is 0. The number of hydrogen-bond acceptors (Lipinski definition) is 1. The molecule has 1 fully saturated rings. The maximum atomic E-state index is 9.34. The first-order chi connectivity index (χ1) is 5.23. The number of benzene rings is 1. The van der Waals surface area contributed by atoms with Gasteiger partial charge in [-0.1, -0.05) is 37.3 Å². The minimum Gasteiger partial charge on any atom is -0.392 e. The van der Waals surface area contributed by atoms with Gasteiger partial charge in [0.05, 0.1) is 6.10 Å². The molecule has 2 atom stereocenters. The van der Waals surface area contributed by atoms with E-state index >= 15 is 0 Å². The van der Waals surface area contributed by atoms with E-state index in [0.29, 0.717) is 0 Å². The fourth-order valence-electron chi connectivity index (χ4n) is 1.47. The standard InChI is InChI=1S/C10H12O/c1-10(7-9(10)11)8-5-3-2-4-6-8/h2-6,9,11H,7H2,1H3/t9-,10+/m0/s1. The molecule has 0 saturated heterocycles. The van der Waals surface area contributed by atoms with Gasteiger partial charge in [0.25, 0.3) is 0 Å². The zero-order valence-corrected chi connectivity index (χ0v) is 6.62. The minimum absolute atomic E-state index is 0.0568. The molecule has 0 bridgehead atoms. The van der Waals surface area contributed by atoms with E-state index in [9.17, 15) is 5.11 Å². The van der Waals surface area contributed by atoms with Crippen LogP contribution in [0.5, 0.6) is 0 Å². The predicted octanol–water partition coefficient (Wildman–Crippen LogP) is 1.71. The quantitative estimate of drug-likeness (QED) is 0.642. The lowest BCUT2D eigenvalue weighted by molar-refractivity contribution is 0.252. The van der Waals surface area contributed by atoms with Crippen LogP contribution in [0.25, 0.3) is 0 Å². The highest BCUT2D eigenvalue weighted by Gasteiger charge is 2.50. The highest BCUT2D eigenvalue weighted by molar-refractivity contribution is 5.32. The third-order valence-corrected chi connectivity index (χ3v) is 2.63. The Bertz CT molecular complexity index is 255. The lowest BCUT2D eigenvalue weighted by atomic mass is 9.98. The Morgan fingerprint density at radius 2 is 1.91 bits per heavy atom. The average Bonchev–Trinajstić information content (AvgIpc) is 2.64. The number of hydrogen-bond donors (Lipinski definition) is 1. The van der Waals surface area contributed by atoms with Gasteiger partial charge >= 0.3 is 0 Å². The van der Waals surface area contributed by atoms with Gasteiger partial charge in [0.1, 0.15) is 0 Å². The molecule has 1 heteroatoms. The third-order valence-electron chi connectivity index (χ3n) is 2.63. The van der Waals surface area contributed by atoms with Crippen LogP contribution in [0.15, 0.2) is 30.3 Å². The van der Waals surface area contributed by atoms with E-state index in [2.05, 4.69) is 19.1 Å². The van der Waals surface area contributed by atoms with Gasteiger partial charge in [0.15, 0.2) is 0 Å². The summed E-state index contributed by atoms with van der Waals surface area (Å²) in [5.74, 6) is 0. The molecular formula is C10H12O. The van der Waals surface area contributed by atoms with Crippen molar-refractivity contribution in [3.63, 3.8) is 0 Å². The molecule has 1 aromatic rings. The Labute approximate surface area is 66.7 Å². The van der Waals surface area contributed by atoms with Crippen molar-refractivity contribution >= 4 is 0 Å². The normalized spacial score (nSPS) is 35.3. The second-order valence-electron chi connectivity index (χ2n) is 3.50. The van der Waals surface area contributed by atoms with Crippen molar-refractivity contribution in [2.24, 2.45) is 0 Å². The van der Waals surface area contributed by atoms with Crippen molar-refractivity contribution in [1.29, 1.82) is 0 Å². The fourth-order valence-corrected chi connectivity index (χ4v) is 1.47. The summed E-state index contributed by atoms with van der Waals surface area (Å²) in [5, 5.41) is 9.34. The van der Waals surface area contributed by atoms with E-state index in [1.807, 2.05) is 18.2 Å². The van der Waals surface area contributed by atoms with Gasteiger partial charge in [0, 0.05) is 5.41 Å². The van der Waals surface area contributed by atoms with Gasteiger partial charge < -0.3 is 5.11 Å². The zero-order chi connectivity index (χ0) is 7.90. The lowest BCUT2D eigenvalue weighted by Crippen LogP contribution is -2.05. The molecule has 1 aliphatic carbocycles. The van der Waals surface area contributed by atoms with E-state index in [1.54, 1.807) is 0 Å². The second-order valence-corrected chi connectivity index (χ2v) is 3.50. The molecule has 1 saturated carbocycles. The summed E-state index contributed by atoms with van der Waals surface area (Å²) in [6.45, 7) is 2.10. The number of rotatable bonds is 1. The summed E-state index contributed by atoms with van der Waals surface area (Å²) in [6.07, 6.45) is 0.793. The lowest BCUT2D eigenvalue weighted by Gasteiger charge is -2.07. The van der Waals surface area contributed by atoms with Crippen LogP contribution in [0.2, 0.25) is 0 Å². The van der Waals surface area contributed by atoms with Crippen LogP contribution in [-0.4, -0.2) is 11.2 Å². The fraction of sp³-hybridized carbons (Fsp3) is 0.400. The van der Waals surface area contributed by atoms with Crippen LogP contribution < -0.4 is 0 Å². The maximum absolute atomic E-state index is 9.34. The monoisotopic (exact) mass is 148 g/mol. The minimum atomic E-state index is -0.120. The molecule has 2 rings (SSSR count). The van der Waals surface area contributed by atoms with Crippen LogP contribution in [0.4, 0.5) is 0 Å². The van der Waals surface area contributed by atoms with Crippen molar-refractivity contribution < 1.29 is 5.11 Å². The van der Waals surface area contributed by atoms with Crippen molar-refractivity contribution in [2.75, 3.05) is 0 Å². The molecule has 58 valence electrons. The molecule has 0 radical (unpaired) electrons. The predicted molar refractivity (Wildman–Crippen MR) is 44.4 cm³/mol. The highest BCUT2D eigenvalue weighted by Crippen LogP contribution is 2.47. The second kappa shape index (κ2) is 2.08. The van der Waals surface area contributed by atoms with Gasteiger partial charge in [0.2, 0.25) is 0 Å². The van der Waals surface area contributed by atoms with Gasteiger partial charge in [-0.15, -0.1) is 0 Å². The Kier molecular flexibility index (Phi) is 1.30. The van der Waals surface area contributed by atoms with Crippen molar-refractivity contribution in [2.45, 2.75) is 24.9 Å². The first-order valence-corrected chi connectivity index (χ1v) is 3.97. The molecule has 0 aromatic heterocycles. The molecule has 0 heterocycles. The summed E-state index contributed by atoms with van der Waals surface area (Å²) in [4.78, 5) is 0. The third kappa shape index (κ3) is 0.962. The van der Waals surface area contributed by atoms with Crippen LogP contribution in [0.3, 0.4) is 0 Å². The van der Waals surface area contributed by atoms with Crippen LogP contribution in [0.1, 0.15) is 18.9 Å². The van der Waals surface area contributed by atoms with E-state index in [-0.39, 0.29) is 11.5 Å². The number of aliphatic hydroxyl groups excluding tert-OH is 1. The Morgan fingerprint density at radius 3 is 2.36 bits per heavy atom. The first kappa shape index (κ1) is 6.86. The summed E-state index contributed by atoms with van der Waals surface area (Å²) in [5.41, 5.74) is 1.31. The molecule has 0 unspecified atom stereocenters. The van der Waals surface area contributed by atoms with E-state index in [1.165, 1.54) is 5.56 Å². The Morgan fingerprint density at radius 1 is 1.36 bits per heavy atom. The average molecular weight is 148 g/mol. The smallest absolute Gasteiger partial charge is 0.0644 e. The molecule has 0 aliphatic heterocycles. The molecule has 11 heavy (non-hydrogen) atoms. The first-order valence-electron chi connectivity index (χ1n) is 3.97. The maximum Gasteiger partial charge on any atom is 0.0644 e. The molecule has 0 amide bonds. The SMILES string of the molecule is C[C@]1(c2ccccc2)C[C@@H]1O. The van der Waals surface area contributed by atoms with Crippen LogP contribution >= 0.6 is 0 Å². The molecule has 1 aromatic carbocycles. The van der Waals surface area contributed by atoms with Crippen LogP contribution in [0, 0.1) is 0 Å². The number of aliphatic hydroxyl groups is 1. The summed E-state index contributed by atoms with van der Waals surface area (Å²) >= 11 is 0. The molecule has 1 nitrogen and oxygen atoms in total. The summed E-state index contributed by atoms with van der Waals surface area (Å²) in [6, 6.07) is 10.2. The van der Waals surface area contributed by atoms with Gasteiger partial charge in [-0.05, 0) is 12.0 Å². The molecule has 1 aliphatic rings. The van der Waals surface area contributed by atoms with E-state index in [0.717, 1.165) is 6.42 Å². The van der Waals surface area contributed by atoms with E-state index in [4.69, 9.17) is 0 Å². The van der Waals surface area contributed by atoms with Gasteiger partial charge in [-0.25, -0.2) is 0 Å². The Balaban J connectivity index is 2.32. The van der Waals surface area contributed by atoms with Crippen molar-refractivity contribution in [3.8, 4) is 0 Å². The molecule has 1 N–H and O–H groups in total. The van der Waals surface area contributed by atoms with Crippen molar-refractivity contribution in [1.82, 2.24) is 0 Å². The molecular weight excluding hydrogens is 136 g/mol. The van der Waals surface area contributed by atoms with Gasteiger partial charge in [-0.2, -0.15) is 0 Å². The van der Waals surface area contributed by atoms with E-state index < -0.39 is 0 Å². The van der Waals surface area contributed by atoms with Crippen LogP contribution in [-0.2, 0) is 5.41 Å².